The Bertz CT molecular complexity index is 363. The molecule has 0 N–H and O–H groups in total. The lowest BCUT2D eigenvalue weighted by molar-refractivity contribution is -0.348. The SMILES string of the molecule is C=CC(CCCCC)OC(=O)C(F)(F)C(F)(F)C(F)(F)F. The molecule has 0 saturated carbocycles. The van der Waals surface area contributed by atoms with Crippen LogP contribution in [0.3, 0.4) is 0 Å². The normalized spacial score (nSPS) is 14.7. The molecule has 0 saturated heterocycles. The van der Waals surface area contributed by atoms with Crippen molar-refractivity contribution in [3.05, 3.63) is 12.7 Å². The zero-order valence-corrected chi connectivity index (χ0v) is 11.2. The van der Waals surface area contributed by atoms with Crippen LogP contribution in [0.15, 0.2) is 12.7 Å². The van der Waals surface area contributed by atoms with Crippen molar-refractivity contribution in [2.45, 2.75) is 56.7 Å². The predicted molar refractivity (Wildman–Crippen MR) is 60.2 cm³/mol. The van der Waals surface area contributed by atoms with E-state index in [-0.39, 0.29) is 6.42 Å². The van der Waals surface area contributed by atoms with E-state index in [1.54, 1.807) is 0 Å². The van der Waals surface area contributed by atoms with Crippen LogP contribution in [-0.2, 0) is 9.53 Å². The Balaban J connectivity index is 4.93. The fraction of sp³-hybridized carbons (Fsp3) is 0.750. The highest BCUT2D eigenvalue weighted by Gasteiger charge is 2.77. The quantitative estimate of drug-likeness (QED) is 0.284. The Morgan fingerprint density at radius 2 is 1.67 bits per heavy atom. The summed E-state index contributed by atoms with van der Waals surface area (Å²) < 4.78 is 90.9. The summed E-state index contributed by atoms with van der Waals surface area (Å²) in [6, 6.07) is 0. The van der Waals surface area contributed by atoms with Gasteiger partial charge in [-0.3, -0.25) is 0 Å². The first-order valence-corrected chi connectivity index (χ1v) is 6.07. The zero-order chi connectivity index (χ0) is 16.9. The summed E-state index contributed by atoms with van der Waals surface area (Å²) >= 11 is 0. The lowest BCUT2D eigenvalue weighted by Gasteiger charge is -2.27. The third-order valence-electron chi connectivity index (χ3n) is 2.62. The third kappa shape index (κ3) is 4.60. The highest BCUT2D eigenvalue weighted by atomic mass is 19.4. The molecule has 0 spiro atoms. The molecule has 0 aromatic heterocycles. The Hall–Kier alpha value is -1.28. The second kappa shape index (κ2) is 7.13. The van der Waals surface area contributed by atoms with E-state index in [2.05, 4.69) is 11.3 Å². The van der Waals surface area contributed by atoms with Crippen molar-refractivity contribution in [1.29, 1.82) is 0 Å². The van der Waals surface area contributed by atoms with Gasteiger partial charge in [-0.15, -0.1) is 0 Å². The molecule has 0 aliphatic heterocycles. The minimum Gasteiger partial charge on any atom is -0.454 e. The van der Waals surface area contributed by atoms with Gasteiger partial charge in [0.05, 0.1) is 0 Å². The summed E-state index contributed by atoms with van der Waals surface area (Å²) in [5, 5.41) is 0. The molecule has 21 heavy (non-hydrogen) atoms. The summed E-state index contributed by atoms with van der Waals surface area (Å²) in [6.45, 7) is 4.98. The lowest BCUT2D eigenvalue weighted by Crippen LogP contribution is -2.57. The van der Waals surface area contributed by atoms with Gasteiger partial charge in [0.15, 0.2) is 0 Å². The molecule has 2 nitrogen and oxygen atoms in total. The van der Waals surface area contributed by atoms with E-state index in [4.69, 9.17) is 0 Å². The van der Waals surface area contributed by atoms with Crippen molar-refractivity contribution in [2.24, 2.45) is 0 Å². The summed E-state index contributed by atoms with van der Waals surface area (Å²) in [4.78, 5) is 11.0. The van der Waals surface area contributed by atoms with Gasteiger partial charge < -0.3 is 4.74 Å². The van der Waals surface area contributed by atoms with Crippen molar-refractivity contribution < 1.29 is 40.3 Å². The van der Waals surface area contributed by atoms with Crippen LogP contribution in [0.1, 0.15) is 32.6 Å². The van der Waals surface area contributed by atoms with Gasteiger partial charge in [0, 0.05) is 0 Å². The monoisotopic (exact) mass is 324 g/mol. The average Bonchev–Trinajstić information content (AvgIpc) is 2.35. The molecule has 0 aromatic rings. The maximum Gasteiger partial charge on any atom is 0.460 e. The fourth-order valence-corrected chi connectivity index (χ4v) is 1.34. The topological polar surface area (TPSA) is 26.3 Å². The number of esters is 1. The molecule has 124 valence electrons. The van der Waals surface area contributed by atoms with Crippen LogP contribution in [-0.4, -0.2) is 30.1 Å². The van der Waals surface area contributed by atoms with E-state index >= 15 is 0 Å². The molecule has 0 radical (unpaired) electrons. The van der Waals surface area contributed by atoms with Gasteiger partial charge in [0.2, 0.25) is 0 Å². The van der Waals surface area contributed by atoms with Crippen LogP contribution in [0, 0.1) is 0 Å². The van der Waals surface area contributed by atoms with Gasteiger partial charge in [0.25, 0.3) is 0 Å². The molecule has 0 amide bonds. The van der Waals surface area contributed by atoms with Gasteiger partial charge in [0.1, 0.15) is 6.10 Å². The Morgan fingerprint density at radius 3 is 2.05 bits per heavy atom. The van der Waals surface area contributed by atoms with E-state index < -0.39 is 30.1 Å². The zero-order valence-electron chi connectivity index (χ0n) is 11.2. The van der Waals surface area contributed by atoms with Gasteiger partial charge in [-0.2, -0.15) is 30.7 Å². The minimum absolute atomic E-state index is 0.0107. The van der Waals surface area contributed by atoms with Crippen LogP contribution in [0.25, 0.3) is 0 Å². The fourth-order valence-electron chi connectivity index (χ4n) is 1.34. The van der Waals surface area contributed by atoms with Crippen molar-refractivity contribution in [3.63, 3.8) is 0 Å². The summed E-state index contributed by atoms with van der Waals surface area (Å²) in [5.41, 5.74) is 0. The second-order valence-corrected chi connectivity index (χ2v) is 4.32. The number of rotatable bonds is 8. The molecule has 1 atom stereocenters. The van der Waals surface area contributed by atoms with Crippen LogP contribution >= 0.6 is 0 Å². The Morgan fingerprint density at radius 1 is 1.14 bits per heavy atom. The highest BCUT2D eigenvalue weighted by molar-refractivity contribution is 5.79. The number of carbonyl (C=O) groups is 1. The van der Waals surface area contributed by atoms with Crippen LogP contribution in [0.5, 0.6) is 0 Å². The molecule has 9 heteroatoms. The van der Waals surface area contributed by atoms with Gasteiger partial charge >= 0.3 is 24.0 Å². The smallest absolute Gasteiger partial charge is 0.454 e. The van der Waals surface area contributed by atoms with E-state index in [0.29, 0.717) is 12.8 Å². The first-order valence-electron chi connectivity index (χ1n) is 6.07. The average molecular weight is 324 g/mol. The first kappa shape index (κ1) is 19.7. The molecule has 0 aliphatic carbocycles. The number of hydrogen-bond donors (Lipinski definition) is 0. The van der Waals surface area contributed by atoms with E-state index in [9.17, 15) is 35.5 Å². The van der Waals surface area contributed by atoms with Crippen molar-refractivity contribution >= 4 is 5.97 Å². The number of halogens is 7. The lowest BCUT2D eigenvalue weighted by atomic mass is 10.1. The minimum atomic E-state index is -6.57. The molecule has 0 heterocycles. The molecule has 0 rings (SSSR count). The maximum atomic E-state index is 13.0. The predicted octanol–water partition coefficient (Wildman–Crippen LogP) is 4.50. The van der Waals surface area contributed by atoms with Crippen LogP contribution < -0.4 is 0 Å². The third-order valence-corrected chi connectivity index (χ3v) is 2.62. The van der Waals surface area contributed by atoms with Crippen molar-refractivity contribution in [3.8, 4) is 0 Å². The number of ether oxygens (including phenoxy) is 1. The first-order chi connectivity index (χ1) is 9.41. The number of carbonyl (C=O) groups excluding carboxylic acids is 1. The number of alkyl halides is 7. The van der Waals surface area contributed by atoms with E-state index in [0.717, 1.165) is 12.5 Å². The van der Waals surface area contributed by atoms with Crippen molar-refractivity contribution in [2.75, 3.05) is 0 Å². The standard InChI is InChI=1S/C12H15F7O2/c1-3-5-6-7-8(4-2)21-9(20)10(13,14)11(15,16)12(17,18)19/h4,8H,2-3,5-7H2,1H3. The second-order valence-electron chi connectivity index (χ2n) is 4.32. The molecule has 0 aliphatic rings. The van der Waals surface area contributed by atoms with Crippen LogP contribution in [0.4, 0.5) is 30.7 Å². The van der Waals surface area contributed by atoms with Crippen LogP contribution in [0.2, 0.25) is 0 Å². The van der Waals surface area contributed by atoms with Gasteiger partial charge in [-0.1, -0.05) is 32.4 Å². The van der Waals surface area contributed by atoms with Gasteiger partial charge in [-0.25, -0.2) is 4.79 Å². The molecular formula is C12H15F7O2. The largest absolute Gasteiger partial charge is 0.460 e. The number of hydrogen-bond acceptors (Lipinski definition) is 2. The molecule has 1 unspecified atom stereocenters. The number of unbranched alkanes of at least 4 members (excludes halogenated alkanes) is 2. The molecule has 0 bridgehead atoms. The summed E-state index contributed by atoms with van der Waals surface area (Å²) in [5.74, 6) is -15.4. The van der Waals surface area contributed by atoms with E-state index in [1.165, 1.54) is 0 Å². The maximum absolute atomic E-state index is 13.0. The van der Waals surface area contributed by atoms with E-state index in [1.807, 2.05) is 6.92 Å². The van der Waals surface area contributed by atoms with Crippen molar-refractivity contribution in [1.82, 2.24) is 0 Å². The Labute approximate surface area is 116 Å². The summed E-state index contributed by atoms with van der Waals surface area (Å²) in [6.07, 6.45) is -5.19. The summed E-state index contributed by atoms with van der Waals surface area (Å²) in [7, 11) is 0. The molecule has 0 fully saturated rings. The molecular weight excluding hydrogens is 309 g/mol. The Kier molecular flexibility index (Phi) is 6.69. The highest BCUT2D eigenvalue weighted by Crippen LogP contribution is 2.47. The molecule has 0 aromatic carbocycles. The van der Waals surface area contributed by atoms with Gasteiger partial charge in [-0.05, 0) is 12.8 Å².